The quantitative estimate of drug-likeness (QED) is 0.722. The van der Waals surface area contributed by atoms with Gasteiger partial charge < -0.3 is 14.3 Å². The molecule has 2 rings (SSSR count). The number of aldehydes is 1. The molecule has 3 heteroatoms. The molecule has 2 aromatic rings. The molecule has 22 heavy (non-hydrogen) atoms. The summed E-state index contributed by atoms with van der Waals surface area (Å²) in [6, 6.07) is 16.1. The molecular weight excluding hydrogens is 276 g/mol. The molecule has 0 atom stereocenters. The fourth-order valence-electron chi connectivity index (χ4n) is 1.95. The highest BCUT2D eigenvalue weighted by Gasteiger charge is 2.12. The number of ether oxygens (including phenoxy) is 2. The topological polar surface area (TPSA) is 35.5 Å². The van der Waals surface area contributed by atoms with Crippen LogP contribution in [0.3, 0.4) is 0 Å². The van der Waals surface area contributed by atoms with Crippen LogP contribution in [0.5, 0.6) is 11.5 Å². The smallest absolute Gasteiger partial charge is 0.130 e. The van der Waals surface area contributed by atoms with E-state index in [1.807, 2.05) is 57.2 Å². The summed E-state index contributed by atoms with van der Waals surface area (Å²) >= 11 is 0. The van der Waals surface area contributed by atoms with Crippen LogP contribution in [0.1, 0.15) is 27.2 Å². The molecule has 0 aromatic heterocycles. The van der Waals surface area contributed by atoms with E-state index < -0.39 is 0 Å². The average molecular weight is 300 g/mol. The number of rotatable bonds is 6. The van der Waals surface area contributed by atoms with E-state index in [9.17, 15) is 4.79 Å². The Balaban J connectivity index is 0.000000541. The summed E-state index contributed by atoms with van der Waals surface area (Å²) in [4.78, 5) is 9.17. The molecule has 0 spiro atoms. The van der Waals surface area contributed by atoms with E-state index in [0.717, 1.165) is 28.9 Å². The number of hydrogen-bond acceptors (Lipinski definition) is 3. The summed E-state index contributed by atoms with van der Waals surface area (Å²) < 4.78 is 11.4. The maximum atomic E-state index is 9.17. The fourth-order valence-corrected chi connectivity index (χ4v) is 1.95. The van der Waals surface area contributed by atoms with Crippen LogP contribution in [-0.2, 0) is 4.79 Å². The van der Waals surface area contributed by atoms with Crippen molar-refractivity contribution in [3.8, 4) is 22.6 Å². The van der Waals surface area contributed by atoms with Crippen LogP contribution in [0, 0.1) is 0 Å². The molecule has 0 unspecified atom stereocenters. The third kappa shape index (κ3) is 5.24. The minimum Gasteiger partial charge on any atom is -0.493 e. The molecule has 0 N–H and O–H groups in total. The molecule has 0 aliphatic carbocycles. The zero-order chi connectivity index (χ0) is 16.2. The number of hydrogen-bond donors (Lipinski definition) is 0. The van der Waals surface area contributed by atoms with Gasteiger partial charge in [-0.1, -0.05) is 43.3 Å². The van der Waals surface area contributed by atoms with Crippen molar-refractivity contribution in [2.24, 2.45) is 0 Å². The number of carbonyl (C=O) groups excluding carboxylic acids is 1. The van der Waals surface area contributed by atoms with Gasteiger partial charge in [0.15, 0.2) is 0 Å². The van der Waals surface area contributed by atoms with Crippen molar-refractivity contribution in [1.82, 2.24) is 0 Å². The summed E-state index contributed by atoms with van der Waals surface area (Å²) in [6.45, 7) is 7.09. The zero-order valence-corrected chi connectivity index (χ0v) is 13.5. The summed E-state index contributed by atoms with van der Waals surface area (Å²) in [7, 11) is 0. The molecule has 0 saturated heterocycles. The normalized spacial score (nSPS) is 9.41. The summed E-state index contributed by atoms with van der Waals surface area (Å²) in [5, 5.41) is 0. The maximum absolute atomic E-state index is 9.17. The molecule has 0 radical (unpaired) electrons. The van der Waals surface area contributed by atoms with Gasteiger partial charge >= 0.3 is 0 Å². The average Bonchev–Trinajstić information content (AvgIpc) is 2.57. The van der Waals surface area contributed by atoms with E-state index in [1.54, 1.807) is 0 Å². The van der Waals surface area contributed by atoms with Gasteiger partial charge in [0, 0.05) is 6.42 Å². The molecule has 2 aromatic carbocycles. The van der Waals surface area contributed by atoms with Gasteiger partial charge in [-0.3, -0.25) is 0 Å². The van der Waals surface area contributed by atoms with Crippen molar-refractivity contribution in [2.75, 3.05) is 13.2 Å². The van der Waals surface area contributed by atoms with Crippen LogP contribution < -0.4 is 9.47 Å². The first kappa shape index (κ1) is 17.8. The van der Waals surface area contributed by atoms with Crippen LogP contribution in [0.15, 0.2) is 48.5 Å². The molecule has 118 valence electrons. The highest BCUT2D eigenvalue weighted by molar-refractivity contribution is 5.76. The maximum Gasteiger partial charge on any atom is 0.130 e. The molecule has 0 amide bonds. The molecule has 0 aliphatic heterocycles. The van der Waals surface area contributed by atoms with E-state index in [2.05, 4.69) is 12.1 Å². The lowest BCUT2D eigenvalue weighted by Crippen LogP contribution is -1.98. The van der Waals surface area contributed by atoms with Crippen LogP contribution in [0.4, 0.5) is 0 Å². The van der Waals surface area contributed by atoms with E-state index in [-0.39, 0.29) is 0 Å². The lowest BCUT2D eigenvalue weighted by molar-refractivity contribution is -0.107. The van der Waals surface area contributed by atoms with Crippen LogP contribution in [-0.4, -0.2) is 19.5 Å². The van der Waals surface area contributed by atoms with Crippen molar-refractivity contribution in [3.63, 3.8) is 0 Å². The van der Waals surface area contributed by atoms with Gasteiger partial charge in [-0.05, 0) is 31.5 Å². The Morgan fingerprint density at radius 2 is 1.32 bits per heavy atom. The largest absolute Gasteiger partial charge is 0.493 e. The molecule has 0 fully saturated rings. The standard InChI is InChI=1S/C16H18O2.C3H6O/c1-3-17-14-11-8-12-15(18-4-2)16(14)13-9-6-5-7-10-13;1-2-3-4/h5-12H,3-4H2,1-2H3;3H,2H2,1H3. The van der Waals surface area contributed by atoms with Gasteiger partial charge in [0.05, 0.1) is 18.8 Å². The van der Waals surface area contributed by atoms with E-state index in [0.29, 0.717) is 19.6 Å². The summed E-state index contributed by atoms with van der Waals surface area (Å²) in [6.07, 6.45) is 1.51. The lowest BCUT2D eigenvalue weighted by atomic mass is 10.0. The van der Waals surface area contributed by atoms with Crippen molar-refractivity contribution < 1.29 is 14.3 Å². The number of carbonyl (C=O) groups is 1. The van der Waals surface area contributed by atoms with Crippen LogP contribution in [0.2, 0.25) is 0 Å². The third-order valence-corrected chi connectivity index (χ3v) is 2.82. The molecular formula is C19H24O3. The minimum absolute atomic E-state index is 0.639. The van der Waals surface area contributed by atoms with Crippen molar-refractivity contribution in [3.05, 3.63) is 48.5 Å². The van der Waals surface area contributed by atoms with Crippen molar-refractivity contribution >= 4 is 6.29 Å². The zero-order valence-electron chi connectivity index (χ0n) is 13.5. The summed E-state index contributed by atoms with van der Waals surface area (Å²) in [5.41, 5.74) is 2.15. The predicted octanol–water partition coefficient (Wildman–Crippen LogP) is 4.75. The minimum atomic E-state index is 0.639. The van der Waals surface area contributed by atoms with Gasteiger partial charge in [0.25, 0.3) is 0 Å². The number of benzene rings is 2. The highest BCUT2D eigenvalue weighted by Crippen LogP contribution is 2.38. The molecule has 0 bridgehead atoms. The van der Waals surface area contributed by atoms with Gasteiger partial charge in [-0.2, -0.15) is 0 Å². The highest BCUT2D eigenvalue weighted by atomic mass is 16.5. The lowest BCUT2D eigenvalue weighted by Gasteiger charge is -2.15. The van der Waals surface area contributed by atoms with E-state index in [1.165, 1.54) is 0 Å². The first-order valence-electron chi connectivity index (χ1n) is 7.66. The predicted molar refractivity (Wildman–Crippen MR) is 90.6 cm³/mol. The van der Waals surface area contributed by atoms with Crippen molar-refractivity contribution in [2.45, 2.75) is 27.2 Å². The van der Waals surface area contributed by atoms with Crippen LogP contribution >= 0.6 is 0 Å². The Morgan fingerprint density at radius 1 is 0.818 bits per heavy atom. The summed E-state index contributed by atoms with van der Waals surface area (Å²) in [5.74, 6) is 1.74. The monoisotopic (exact) mass is 300 g/mol. The Morgan fingerprint density at radius 3 is 1.73 bits per heavy atom. The van der Waals surface area contributed by atoms with Gasteiger partial charge in [0.2, 0.25) is 0 Å². The fraction of sp³-hybridized carbons (Fsp3) is 0.316. The van der Waals surface area contributed by atoms with Gasteiger partial charge in [-0.15, -0.1) is 0 Å². The van der Waals surface area contributed by atoms with E-state index in [4.69, 9.17) is 9.47 Å². The molecule has 0 saturated carbocycles. The third-order valence-electron chi connectivity index (χ3n) is 2.82. The SMILES string of the molecule is CCC=O.CCOc1cccc(OCC)c1-c1ccccc1. The van der Waals surface area contributed by atoms with Gasteiger partial charge in [0.1, 0.15) is 17.8 Å². The van der Waals surface area contributed by atoms with Gasteiger partial charge in [-0.25, -0.2) is 0 Å². The van der Waals surface area contributed by atoms with Crippen molar-refractivity contribution in [1.29, 1.82) is 0 Å². The second kappa shape index (κ2) is 10.4. The Kier molecular flexibility index (Phi) is 8.43. The second-order valence-corrected chi connectivity index (χ2v) is 4.44. The van der Waals surface area contributed by atoms with E-state index >= 15 is 0 Å². The second-order valence-electron chi connectivity index (χ2n) is 4.44. The first-order chi connectivity index (χ1) is 10.8. The molecule has 3 nitrogen and oxygen atoms in total. The molecule has 0 aliphatic rings. The first-order valence-corrected chi connectivity index (χ1v) is 7.66. The Labute approximate surface area is 132 Å². The van der Waals surface area contributed by atoms with Crippen LogP contribution in [0.25, 0.3) is 11.1 Å². The Hall–Kier alpha value is -2.29. The Bertz CT molecular complexity index is 526. The molecule has 0 heterocycles.